The molecule has 9 heteroatoms. The first-order valence-corrected chi connectivity index (χ1v) is 12.6. The zero-order chi connectivity index (χ0) is 24.1. The Morgan fingerprint density at radius 1 is 1.00 bits per heavy atom. The highest BCUT2D eigenvalue weighted by molar-refractivity contribution is 7.89. The lowest BCUT2D eigenvalue weighted by atomic mass is 10.2. The molecule has 1 aromatic heterocycles. The summed E-state index contributed by atoms with van der Waals surface area (Å²) < 4.78 is 33.4. The van der Waals surface area contributed by atoms with Crippen LogP contribution in [0.5, 0.6) is 0 Å². The Morgan fingerprint density at radius 2 is 1.68 bits per heavy atom. The number of sulfonamides is 1. The van der Waals surface area contributed by atoms with Crippen LogP contribution in [0.25, 0.3) is 0 Å². The Kier molecular flexibility index (Phi) is 7.26. The van der Waals surface area contributed by atoms with Gasteiger partial charge in [-0.2, -0.15) is 0 Å². The number of pyridine rings is 1. The third-order valence-electron chi connectivity index (χ3n) is 5.49. The van der Waals surface area contributed by atoms with Gasteiger partial charge in [0.15, 0.2) is 0 Å². The molecule has 1 fully saturated rings. The van der Waals surface area contributed by atoms with E-state index < -0.39 is 10.0 Å². The van der Waals surface area contributed by atoms with Gasteiger partial charge in [-0.3, -0.25) is 4.79 Å². The fraction of sp³-hybridized carbons (Fsp3) is 0.280. The Morgan fingerprint density at radius 3 is 2.29 bits per heavy atom. The molecule has 2 aromatic carbocycles. The van der Waals surface area contributed by atoms with Gasteiger partial charge in [-0.15, -0.1) is 0 Å². The van der Waals surface area contributed by atoms with E-state index in [0.717, 1.165) is 24.5 Å². The summed E-state index contributed by atoms with van der Waals surface area (Å²) in [7, 11) is -3.67. The molecule has 0 bridgehead atoms. The Labute approximate surface area is 200 Å². The number of carbonyl (C=O) groups excluding carboxylic acids is 1. The molecule has 0 spiro atoms. The van der Waals surface area contributed by atoms with Crippen LogP contribution < -0.4 is 14.9 Å². The van der Waals surface area contributed by atoms with E-state index in [4.69, 9.17) is 4.74 Å². The van der Waals surface area contributed by atoms with Gasteiger partial charge < -0.3 is 15.0 Å². The van der Waals surface area contributed by atoms with E-state index in [2.05, 4.69) is 19.9 Å². The lowest BCUT2D eigenvalue weighted by molar-refractivity contribution is -0.00546. The highest BCUT2D eigenvalue weighted by atomic mass is 32.2. The van der Waals surface area contributed by atoms with Crippen molar-refractivity contribution in [1.29, 1.82) is 0 Å². The van der Waals surface area contributed by atoms with Crippen molar-refractivity contribution in [2.75, 3.05) is 23.3 Å². The molecule has 1 amide bonds. The van der Waals surface area contributed by atoms with Crippen molar-refractivity contribution in [3.63, 3.8) is 0 Å². The lowest BCUT2D eigenvalue weighted by Crippen LogP contribution is -2.45. The molecular weight excluding hydrogens is 452 g/mol. The van der Waals surface area contributed by atoms with E-state index in [0.29, 0.717) is 11.3 Å². The molecule has 3 aromatic rings. The first kappa shape index (κ1) is 23.9. The van der Waals surface area contributed by atoms with Gasteiger partial charge >= 0.3 is 0 Å². The minimum absolute atomic E-state index is 0.119. The van der Waals surface area contributed by atoms with E-state index in [1.807, 2.05) is 50.2 Å². The second-order valence-electron chi connectivity index (χ2n) is 8.36. The van der Waals surface area contributed by atoms with Crippen molar-refractivity contribution >= 4 is 27.4 Å². The SMILES string of the molecule is CC1CN(c2ccc(C(=O)Nc3ccc(S(=O)(=O)NCc4ccccc4)cc3)cn2)CC(C)O1. The van der Waals surface area contributed by atoms with Crippen LogP contribution in [-0.2, 0) is 21.3 Å². The minimum atomic E-state index is -3.67. The van der Waals surface area contributed by atoms with E-state index in [1.54, 1.807) is 24.4 Å². The number of amides is 1. The number of carbonyl (C=O) groups is 1. The van der Waals surface area contributed by atoms with E-state index in [1.165, 1.54) is 12.1 Å². The number of ether oxygens (including phenoxy) is 1. The van der Waals surface area contributed by atoms with Crippen molar-refractivity contribution in [3.8, 4) is 0 Å². The molecule has 0 radical (unpaired) electrons. The Balaban J connectivity index is 1.36. The van der Waals surface area contributed by atoms with Crippen LogP contribution in [0.3, 0.4) is 0 Å². The van der Waals surface area contributed by atoms with E-state index in [-0.39, 0.29) is 29.6 Å². The third-order valence-corrected chi connectivity index (χ3v) is 6.90. The fourth-order valence-electron chi connectivity index (χ4n) is 3.85. The van der Waals surface area contributed by atoms with Crippen LogP contribution >= 0.6 is 0 Å². The van der Waals surface area contributed by atoms with Crippen molar-refractivity contribution in [3.05, 3.63) is 84.1 Å². The monoisotopic (exact) mass is 480 g/mol. The van der Waals surface area contributed by atoms with Crippen LogP contribution in [0.15, 0.2) is 77.8 Å². The number of benzene rings is 2. The van der Waals surface area contributed by atoms with Gasteiger partial charge in [0.25, 0.3) is 5.91 Å². The fourth-order valence-corrected chi connectivity index (χ4v) is 4.87. The van der Waals surface area contributed by atoms with Gasteiger partial charge in [-0.05, 0) is 55.8 Å². The average molecular weight is 481 g/mol. The standard InChI is InChI=1S/C25H28N4O4S/c1-18-16-29(17-19(2)33-18)24-13-8-21(15-26-24)25(30)28-22-9-11-23(12-10-22)34(31,32)27-14-20-6-4-3-5-7-20/h3-13,15,18-19,27H,14,16-17H2,1-2H3,(H,28,30). The summed E-state index contributed by atoms with van der Waals surface area (Å²) in [5, 5.41) is 2.78. The molecule has 34 heavy (non-hydrogen) atoms. The van der Waals surface area contributed by atoms with Crippen LogP contribution in [0.1, 0.15) is 29.8 Å². The number of hydrogen-bond donors (Lipinski definition) is 2. The molecule has 0 saturated carbocycles. The first-order chi connectivity index (χ1) is 16.3. The van der Waals surface area contributed by atoms with E-state index in [9.17, 15) is 13.2 Å². The maximum absolute atomic E-state index is 12.6. The summed E-state index contributed by atoms with van der Waals surface area (Å²) in [6.07, 6.45) is 1.78. The van der Waals surface area contributed by atoms with Crippen LogP contribution in [0.4, 0.5) is 11.5 Å². The number of aromatic nitrogens is 1. The second kappa shape index (κ2) is 10.3. The maximum Gasteiger partial charge on any atom is 0.257 e. The summed E-state index contributed by atoms with van der Waals surface area (Å²) in [6.45, 7) is 5.75. The molecule has 2 N–H and O–H groups in total. The topological polar surface area (TPSA) is 101 Å². The van der Waals surface area contributed by atoms with Crippen molar-refractivity contribution < 1.29 is 17.9 Å². The molecule has 2 atom stereocenters. The number of morpholine rings is 1. The quantitative estimate of drug-likeness (QED) is 0.537. The molecule has 1 aliphatic rings. The normalized spacial score (nSPS) is 18.5. The third kappa shape index (κ3) is 5.99. The molecule has 2 heterocycles. The van der Waals surface area contributed by atoms with Crippen molar-refractivity contribution in [1.82, 2.24) is 9.71 Å². The van der Waals surface area contributed by atoms with Crippen LogP contribution in [0, 0.1) is 0 Å². The number of nitrogens with one attached hydrogen (secondary N) is 2. The number of anilines is 2. The summed E-state index contributed by atoms with van der Waals surface area (Å²) in [6, 6.07) is 18.9. The van der Waals surface area contributed by atoms with Gasteiger partial charge in [0, 0.05) is 31.5 Å². The Hall–Kier alpha value is -3.27. The lowest BCUT2D eigenvalue weighted by Gasteiger charge is -2.36. The minimum Gasteiger partial charge on any atom is -0.372 e. The molecule has 8 nitrogen and oxygen atoms in total. The van der Waals surface area contributed by atoms with Crippen molar-refractivity contribution in [2.24, 2.45) is 0 Å². The van der Waals surface area contributed by atoms with Gasteiger partial charge in [0.2, 0.25) is 10.0 Å². The molecule has 0 aliphatic carbocycles. The second-order valence-corrected chi connectivity index (χ2v) is 10.1. The Bertz CT molecular complexity index is 1210. The molecule has 2 unspecified atom stereocenters. The van der Waals surface area contributed by atoms with Gasteiger partial charge in [-0.25, -0.2) is 18.1 Å². The summed E-state index contributed by atoms with van der Waals surface area (Å²) in [4.78, 5) is 19.4. The zero-order valence-electron chi connectivity index (χ0n) is 19.1. The van der Waals surface area contributed by atoms with Gasteiger partial charge in [0.05, 0.1) is 22.7 Å². The maximum atomic E-state index is 12.6. The zero-order valence-corrected chi connectivity index (χ0v) is 20.0. The molecule has 1 aliphatic heterocycles. The summed E-state index contributed by atoms with van der Waals surface area (Å²) in [5.41, 5.74) is 1.78. The predicted molar refractivity (Wildman–Crippen MR) is 131 cm³/mol. The largest absolute Gasteiger partial charge is 0.372 e. The smallest absolute Gasteiger partial charge is 0.257 e. The van der Waals surface area contributed by atoms with Gasteiger partial charge in [0.1, 0.15) is 5.82 Å². The molecule has 4 rings (SSSR count). The van der Waals surface area contributed by atoms with Crippen LogP contribution in [-0.4, -0.2) is 44.6 Å². The first-order valence-electron chi connectivity index (χ1n) is 11.1. The highest BCUT2D eigenvalue weighted by Gasteiger charge is 2.23. The molecular formula is C25H28N4O4S. The predicted octanol–water partition coefficient (Wildman–Crippen LogP) is 3.43. The number of rotatable bonds is 7. The van der Waals surface area contributed by atoms with Crippen LogP contribution in [0.2, 0.25) is 0 Å². The summed E-state index contributed by atoms with van der Waals surface area (Å²) >= 11 is 0. The highest BCUT2D eigenvalue weighted by Crippen LogP contribution is 2.19. The number of nitrogens with zero attached hydrogens (tertiary/aromatic N) is 2. The summed E-state index contributed by atoms with van der Waals surface area (Å²) in [5.74, 6) is 0.483. The number of hydrogen-bond acceptors (Lipinski definition) is 6. The average Bonchev–Trinajstić information content (AvgIpc) is 2.83. The van der Waals surface area contributed by atoms with E-state index >= 15 is 0 Å². The van der Waals surface area contributed by atoms with Gasteiger partial charge in [-0.1, -0.05) is 30.3 Å². The molecule has 1 saturated heterocycles. The van der Waals surface area contributed by atoms with Crippen molar-refractivity contribution in [2.45, 2.75) is 37.5 Å². The molecule has 178 valence electrons.